The molecule has 1 saturated carbocycles. The van der Waals surface area contributed by atoms with Gasteiger partial charge in [-0.2, -0.15) is 0 Å². The van der Waals surface area contributed by atoms with Gasteiger partial charge >= 0.3 is 0 Å². The molecule has 3 heterocycles. The number of nitrogens with zero attached hydrogens (tertiary/aromatic N) is 2. The lowest BCUT2D eigenvalue weighted by atomic mass is 9.48. The molecule has 7 rings (SSSR count). The highest BCUT2D eigenvalue weighted by Gasteiger charge is 2.74. The zero-order chi connectivity index (χ0) is 28.5. The molecule has 212 valence electrons. The molecule has 3 aromatic rings. The van der Waals surface area contributed by atoms with Crippen LogP contribution in [-0.4, -0.2) is 71.2 Å². The molecule has 2 aliphatic heterocycles. The fourth-order valence-electron chi connectivity index (χ4n) is 7.99. The summed E-state index contributed by atoms with van der Waals surface area (Å²) in [6.07, 6.45) is 7.99. The van der Waals surface area contributed by atoms with E-state index in [9.17, 15) is 14.7 Å². The van der Waals surface area contributed by atoms with Gasteiger partial charge in [0.1, 0.15) is 6.10 Å². The molecule has 1 N–H and O–H groups in total. The van der Waals surface area contributed by atoms with Crippen molar-refractivity contribution in [2.75, 3.05) is 20.7 Å². The average Bonchev–Trinajstić information content (AvgIpc) is 3.62. The smallest absolute Gasteiger partial charge is 0.254 e. The van der Waals surface area contributed by atoms with E-state index in [1.807, 2.05) is 48.2 Å². The number of benzene rings is 2. The highest BCUT2D eigenvalue weighted by molar-refractivity contribution is 5.95. The number of aliphatic hydroxyl groups is 1. The summed E-state index contributed by atoms with van der Waals surface area (Å²) in [6, 6.07) is 12.7. The standard InChI is InChI=1S/C33H34N2O6/c1-20-4-7-22(8-5-20)31(37)35-16-15-32-28-23-9-10-25(39-3)29(28)41-30(32)24(12-14-33(32,38)26(35)18-23)34(2)27(36)11-6-21-13-17-40-19-21/h4-11,13,17,19,24,26,30,38H,12,14-16,18H2,1-3H3/b11-6+/t24-,26-,30+,32+,33?/m1/s1. The number of likely N-dealkylation sites (tertiary alicyclic amines) is 1. The van der Waals surface area contributed by atoms with E-state index in [0.717, 1.165) is 22.3 Å². The predicted molar refractivity (Wildman–Crippen MR) is 152 cm³/mol. The lowest BCUT2D eigenvalue weighted by Gasteiger charge is -2.64. The Morgan fingerprint density at radius 1 is 1.15 bits per heavy atom. The van der Waals surface area contributed by atoms with Crippen LogP contribution in [0.15, 0.2) is 65.5 Å². The second kappa shape index (κ2) is 9.24. The zero-order valence-corrected chi connectivity index (χ0v) is 23.5. The van der Waals surface area contributed by atoms with Crippen molar-refractivity contribution < 1.29 is 28.6 Å². The van der Waals surface area contributed by atoms with Gasteiger partial charge in [0, 0.05) is 36.4 Å². The second-order valence-corrected chi connectivity index (χ2v) is 11.8. The van der Waals surface area contributed by atoms with Crippen molar-refractivity contribution in [1.82, 2.24) is 9.80 Å². The summed E-state index contributed by atoms with van der Waals surface area (Å²) in [4.78, 5) is 30.8. The van der Waals surface area contributed by atoms with Crippen LogP contribution in [0.1, 0.15) is 51.9 Å². The Balaban J connectivity index is 1.29. The van der Waals surface area contributed by atoms with Crippen LogP contribution < -0.4 is 9.47 Å². The summed E-state index contributed by atoms with van der Waals surface area (Å²) in [5.74, 6) is 1.07. The molecule has 8 heteroatoms. The van der Waals surface area contributed by atoms with Crippen LogP contribution in [0, 0.1) is 6.92 Å². The largest absolute Gasteiger partial charge is 0.493 e. The minimum atomic E-state index is -1.21. The number of aryl methyl sites for hydroxylation is 1. The number of likely N-dealkylation sites (N-methyl/N-ethyl adjacent to an activating group) is 1. The molecule has 1 spiro atoms. The molecule has 2 aromatic carbocycles. The van der Waals surface area contributed by atoms with Crippen molar-refractivity contribution in [3.63, 3.8) is 0 Å². The quantitative estimate of drug-likeness (QED) is 0.477. The lowest BCUT2D eigenvalue weighted by molar-refractivity contribution is -0.191. The number of hydrogen-bond donors (Lipinski definition) is 1. The summed E-state index contributed by atoms with van der Waals surface area (Å²) in [5, 5.41) is 12.8. The number of piperidine rings is 1. The lowest BCUT2D eigenvalue weighted by Crippen LogP contribution is -2.78. The molecule has 2 aliphatic carbocycles. The molecule has 1 saturated heterocycles. The van der Waals surface area contributed by atoms with Gasteiger partial charge in [-0.3, -0.25) is 9.59 Å². The van der Waals surface area contributed by atoms with Gasteiger partial charge in [-0.15, -0.1) is 0 Å². The number of carbonyl (C=O) groups excluding carboxylic acids is 2. The van der Waals surface area contributed by atoms with E-state index in [0.29, 0.717) is 49.3 Å². The van der Waals surface area contributed by atoms with Crippen LogP contribution in [0.25, 0.3) is 6.08 Å². The third kappa shape index (κ3) is 3.56. The van der Waals surface area contributed by atoms with E-state index < -0.39 is 23.2 Å². The highest BCUT2D eigenvalue weighted by Crippen LogP contribution is 2.66. The molecular weight excluding hydrogens is 520 g/mol. The minimum absolute atomic E-state index is 0.0651. The van der Waals surface area contributed by atoms with Crippen molar-refractivity contribution in [3.8, 4) is 11.5 Å². The molecule has 41 heavy (non-hydrogen) atoms. The monoisotopic (exact) mass is 554 g/mol. The van der Waals surface area contributed by atoms with E-state index in [-0.39, 0.29) is 17.9 Å². The number of furan rings is 1. The van der Waals surface area contributed by atoms with Crippen LogP contribution in [0.4, 0.5) is 0 Å². The zero-order valence-electron chi connectivity index (χ0n) is 23.5. The third-order valence-electron chi connectivity index (χ3n) is 10.0. The molecular formula is C33H34N2O6. The van der Waals surface area contributed by atoms with Gasteiger partial charge in [0.2, 0.25) is 5.91 Å². The maximum atomic E-state index is 13.9. The summed E-state index contributed by atoms with van der Waals surface area (Å²) in [7, 11) is 3.42. The molecule has 8 nitrogen and oxygen atoms in total. The first-order chi connectivity index (χ1) is 19.8. The SMILES string of the molecule is COc1ccc2c3c1O[C@H]1[C@H](N(C)C(=O)/C=C/c4ccoc4)CCC4(O)[C@@H](C2)N(C(=O)c2ccc(C)cc2)CC[C@]314. The first-order valence-corrected chi connectivity index (χ1v) is 14.2. The van der Waals surface area contributed by atoms with E-state index in [4.69, 9.17) is 13.9 Å². The van der Waals surface area contributed by atoms with Crippen molar-refractivity contribution in [3.05, 3.63) is 88.9 Å². The minimum Gasteiger partial charge on any atom is -0.493 e. The first-order valence-electron chi connectivity index (χ1n) is 14.2. The molecule has 0 radical (unpaired) electrons. The van der Waals surface area contributed by atoms with Crippen LogP contribution >= 0.6 is 0 Å². The maximum absolute atomic E-state index is 13.9. The number of amides is 2. The van der Waals surface area contributed by atoms with Crippen molar-refractivity contribution in [2.45, 2.75) is 61.8 Å². The van der Waals surface area contributed by atoms with Crippen LogP contribution in [-0.2, 0) is 16.6 Å². The van der Waals surface area contributed by atoms with Gasteiger partial charge in [-0.05, 0) is 68.5 Å². The van der Waals surface area contributed by atoms with Gasteiger partial charge in [0.15, 0.2) is 11.5 Å². The summed E-state index contributed by atoms with van der Waals surface area (Å²) >= 11 is 0. The maximum Gasteiger partial charge on any atom is 0.254 e. The van der Waals surface area contributed by atoms with Crippen LogP contribution in [0.3, 0.4) is 0 Å². The van der Waals surface area contributed by atoms with Gasteiger partial charge < -0.3 is 28.8 Å². The molecule has 2 fully saturated rings. The van der Waals surface area contributed by atoms with Crippen LogP contribution in [0.2, 0.25) is 0 Å². The van der Waals surface area contributed by atoms with Crippen molar-refractivity contribution in [1.29, 1.82) is 0 Å². The number of carbonyl (C=O) groups is 2. The Kier molecular flexibility index (Phi) is 5.84. The van der Waals surface area contributed by atoms with Gasteiger partial charge in [0.05, 0.1) is 42.7 Å². The second-order valence-electron chi connectivity index (χ2n) is 11.8. The highest BCUT2D eigenvalue weighted by atomic mass is 16.5. The molecule has 2 amide bonds. The first kappa shape index (κ1) is 25.9. The Morgan fingerprint density at radius 2 is 1.95 bits per heavy atom. The molecule has 2 bridgehead atoms. The summed E-state index contributed by atoms with van der Waals surface area (Å²) in [5.41, 5.74) is 2.59. The Labute approximate surface area is 239 Å². The van der Waals surface area contributed by atoms with Gasteiger partial charge in [-0.1, -0.05) is 23.8 Å². The third-order valence-corrected chi connectivity index (χ3v) is 10.0. The summed E-state index contributed by atoms with van der Waals surface area (Å²) < 4.78 is 17.6. The fraction of sp³-hybridized carbons (Fsp3) is 0.394. The van der Waals surface area contributed by atoms with E-state index in [1.54, 1.807) is 49.8 Å². The number of methoxy groups -OCH3 is 1. The molecule has 5 atom stereocenters. The Morgan fingerprint density at radius 3 is 2.68 bits per heavy atom. The fourth-order valence-corrected chi connectivity index (χ4v) is 7.99. The van der Waals surface area contributed by atoms with E-state index in [2.05, 4.69) is 0 Å². The topological polar surface area (TPSA) is 92.4 Å². The van der Waals surface area contributed by atoms with Gasteiger partial charge in [-0.25, -0.2) is 0 Å². The van der Waals surface area contributed by atoms with Crippen molar-refractivity contribution in [2.24, 2.45) is 0 Å². The average molecular weight is 555 g/mol. The van der Waals surface area contributed by atoms with Gasteiger partial charge in [0.25, 0.3) is 5.91 Å². The Bertz CT molecular complexity index is 1550. The predicted octanol–water partition coefficient (Wildman–Crippen LogP) is 4.13. The summed E-state index contributed by atoms with van der Waals surface area (Å²) in [6.45, 7) is 2.49. The number of hydrogen-bond acceptors (Lipinski definition) is 6. The molecule has 4 aliphatic rings. The van der Waals surface area contributed by atoms with Crippen molar-refractivity contribution >= 4 is 17.9 Å². The number of ether oxygens (including phenoxy) is 2. The molecule has 1 aromatic heterocycles. The molecule has 1 unspecified atom stereocenters. The van der Waals surface area contributed by atoms with E-state index in [1.165, 1.54) is 0 Å². The van der Waals surface area contributed by atoms with Crippen LogP contribution in [0.5, 0.6) is 11.5 Å². The normalized spacial score (nSPS) is 29.2. The van der Waals surface area contributed by atoms with E-state index >= 15 is 0 Å². The Hall–Kier alpha value is -4.04. The number of rotatable bonds is 5.